The van der Waals surface area contributed by atoms with Crippen molar-refractivity contribution in [3.05, 3.63) is 36.2 Å². The number of carbonyl (C=O) groups excluding carboxylic acids is 1. The van der Waals surface area contributed by atoms with Crippen molar-refractivity contribution < 1.29 is 14.4 Å². The van der Waals surface area contributed by atoms with E-state index in [0.717, 1.165) is 18.4 Å². The number of benzene rings is 1. The lowest BCUT2D eigenvalue weighted by molar-refractivity contribution is -0.139. The van der Waals surface area contributed by atoms with Gasteiger partial charge in [-0.05, 0) is 25.7 Å². The minimum atomic E-state index is -1.20. The highest BCUT2D eigenvalue weighted by Crippen LogP contribution is 2.29. The van der Waals surface area contributed by atoms with Crippen molar-refractivity contribution >= 4 is 5.91 Å². The van der Waals surface area contributed by atoms with E-state index in [1.807, 2.05) is 37.3 Å². The molecule has 1 unspecified atom stereocenters. The number of hydrogen-bond donors (Lipinski definition) is 2. The number of hydrogen-bond acceptors (Lipinski definition) is 5. The first kappa shape index (κ1) is 15.7. The van der Waals surface area contributed by atoms with Crippen LogP contribution in [0.3, 0.4) is 0 Å². The molecule has 1 aliphatic carbocycles. The maximum Gasteiger partial charge on any atom is 0.251 e. The summed E-state index contributed by atoms with van der Waals surface area (Å²) in [4.78, 5) is 16.5. The summed E-state index contributed by atoms with van der Waals surface area (Å²) in [5, 5.41) is 17.0. The molecule has 122 valence electrons. The molecule has 2 aromatic rings. The van der Waals surface area contributed by atoms with Crippen LogP contribution in [0.15, 0.2) is 34.9 Å². The summed E-state index contributed by atoms with van der Waals surface area (Å²) < 4.78 is 5.29. The summed E-state index contributed by atoms with van der Waals surface area (Å²) in [7, 11) is 0. The molecule has 1 aromatic heterocycles. The van der Waals surface area contributed by atoms with Crippen molar-refractivity contribution in [1.29, 1.82) is 0 Å². The van der Waals surface area contributed by atoms with Crippen molar-refractivity contribution in [2.24, 2.45) is 0 Å². The Morgan fingerprint density at radius 3 is 2.74 bits per heavy atom. The molecule has 23 heavy (non-hydrogen) atoms. The molecule has 6 nitrogen and oxygen atoms in total. The second-order valence-electron chi connectivity index (χ2n) is 6.17. The van der Waals surface area contributed by atoms with E-state index >= 15 is 0 Å². The van der Waals surface area contributed by atoms with Crippen LogP contribution in [0.4, 0.5) is 0 Å². The van der Waals surface area contributed by atoms with E-state index in [1.165, 1.54) is 0 Å². The maximum atomic E-state index is 12.1. The molecule has 0 bridgehead atoms. The zero-order valence-electron chi connectivity index (χ0n) is 13.2. The van der Waals surface area contributed by atoms with Crippen LogP contribution in [-0.4, -0.2) is 33.3 Å². The molecule has 1 fully saturated rings. The van der Waals surface area contributed by atoms with Crippen LogP contribution in [0.1, 0.15) is 44.4 Å². The van der Waals surface area contributed by atoms with Gasteiger partial charge in [-0.25, -0.2) is 0 Å². The van der Waals surface area contributed by atoms with Crippen LogP contribution in [0.5, 0.6) is 0 Å². The number of nitrogens with zero attached hydrogens (tertiary/aromatic N) is 2. The molecule has 1 aromatic carbocycles. The van der Waals surface area contributed by atoms with E-state index in [-0.39, 0.29) is 11.8 Å². The fourth-order valence-electron chi connectivity index (χ4n) is 2.82. The number of aliphatic hydroxyl groups is 1. The zero-order chi connectivity index (χ0) is 16.3. The number of rotatable bonds is 5. The standard InChI is InChI=1S/C17H21N3O3/c1-12(11-18-16(21)17(22)9-5-6-10-17)15-19-14(20-23-15)13-7-3-2-4-8-13/h2-4,7-8,12,22H,5-6,9-11H2,1H3,(H,18,21). The van der Waals surface area contributed by atoms with Gasteiger partial charge < -0.3 is 14.9 Å². The molecule has 3 rings (SSSR count). The first-order chi connectivity index (χ1) is 11.1. The third-order valence-corrected chi connectivity index (χ3v) is 4.32. The second-order valence-corrected chi connectivity index (χ2v) is 6.17. The average Bonchev–Trinajstić information content (AvgIpc) is 3.23. The van der Waals surface area contributed by atoms with Gasteiger partial charge in [0, 0.05) is 12.1 Å². The Bertz CT molecular complexity index is 663. The molecular formula is C17H21N3O3. The smallest absolute Gasteiger partial charge is 0.251 e. The molecule has 0 aliphatic heterocycles. The van der Waals surface area contributed by atoms with Gasteiger partial charge >= 0.3 is 0 Å². The van der Waals surface area contributed by atoms with Crippen LogP contribution >= 0.6 is 0 Å². The molecule has 6 heteroatoms. The summed E-state index contributed by atoms with van der Waals surface area (Å²) in [6.45, 7) is 2.26. The predicted octanol–water partition coefficient (Wildman–Crippen LogP) is 2.26. The fraction of sp³-hybridized carbons (Fsp3) is 0.471. The van der Waals surface area contributed by atoms with E-state index in [2.05, 4.69) is 15.5 Å². The van der Waals surface area contributed by atoms with Gasteiger partial charge in [0.05, 0.1) is 5.92 Å². The number of carbonyl (C=O) groups is 1. The zero-order valence-corrected chi connectivity index (χ0v) is 13.2. The Morgan fingerprint density at radius 2 is 2.04 bits per heavy atom. The number of amides is 1. The molecular weight excluding hydrogens is 294 g/mol. The first-order valence-electron chi connectivity index (χ1n) is 7.98. The summed E-state index contributed by atoms with van der Waals surface area (Å²) >= 11 is 0. The summed E-state index contributed by atoms with van der Waals surface area (Å²) in [5.74, 6) is 0.592. The van der Waals surface area contributed by atoms with Gasteiger partial charge in [-0.15, -0.1) is 0 Å². The third kappa shape index (κ3) is 3.42. The molecule has 1 heterocycles. The van der Waals surface area contributed by atoms with Crippen molar-refractivity contribution in [1.82, 2.24) is 15.5 Å². The van der Waals surface area contributed by atoms with Crippen LogP contribution in [0.25, 0.3) is 11.4 Å². The van der Waals surface area contributed by atoms with Crippen molar-refractivity contribution in [2.75, 3.05) is 6.54 Å². The Balaban J connectivity index is 1.60. The monoisotopic (exact) mass is 315 g/mol. The van der Waals surface area contributed by atoms with E-state index in [1.54, 1.807) is 0 Å². The summed E-state index contributed by atoms with van der Waals surface area (Å²) in [5.41, 5.74) is -0.317. The minimum Gasteiger partial charge on any atom is -0.380 e. The topological polar surface area (TPSA) is 88.2 Å². The van der Waals surface area contributed by atoms with E-state index < -0.39 is 5.60 Å². The van der Waals surface area contributed by atoms with Crippen molar-refractivity contribution in [3.8, 4) is 11.4 Å². The summed E-state index contributed by atoms with van der Waals surface area (Å²) in [6.07, 6.45) is 2.85. The largest absolute Gasteiger partial charge is 0.380 e. The molecule has 1 amide bonds. The van der Waals surface area contributed by atoms with Gasteiger partial charge in [0.2, 0.25) is 11.7 Å². The van der Waals surface area contributed by atoms with Crippen LogP contribution < -0.4 is 5.32 Å². The predicted molar refractivity (Wildman–Crippen MR) is 84.6 cm³/mol. The van der Waals surface area contributed by atoms with Gasteiger partial charge in [-0.1, -0.05) is 42.4 Å². The van der Waals surface area contributed by atoms with Gasteiger partial charge in [0.15, 0.2) is 0 Å². The van der Waals surface area contributed by atoms with Gasteiger partial charge in [0.25, 0.3) is 5.91 Å². The maximum absolute atomic E-state index is 12.1. The Labute approximate surface area is 134 Å². The van der Waals surface area contributed by atoms with E-state index in [9.17, 15) is 9.90 Å². The molecule has 0 spiro atoms. The highest BCUT2D eigenvalue weighted by molar-refractivity contribution is 5.85. The molecule has 0 saturated heterocycles. The third-order valence-electron chi connectivity index (χ3n) is 4.32. The molecule has 1 aliphatic rings. The number of aromatic nitrogens is 2. The highest BCUT2D eigenvalue weighted by atomic mass is 16.5. The van der Waals surface area contributed by atoms with E-state index in [4.69, 9.17) is 4.52 Å². The lowest BCUT2D eigenvalue weighted by atomic mass is 10.0. The van der Waals surface area contributed by atoms with Crippen LogP contribution in [-0.2, 0) is 4.79 Å². The normalized spacial score (nSPS) is 17.8. The van der Waals surface area contributed by atoms with E-state index in [0.29, 0.717) is 31.1 Å². The Kier molecular flexibility index (Phi) is 4.43. The fourth-order valence-corrected chi connectivity index (χ4v) is 2.82. The quantitative estimate of drug-likeness (QED) is 0.883. The minimum absolute atomic E-state index is 0.117. The second kappa shape index (κ2) is 6.50. The van der Waals surface area contributed by atoms with Gasteiger partial charge in [-0.2, -0.15) is 4.98 Å². The highest BCUT2D eigenvalue weighted by Gasteiger charge is 2.38. The van der Waals surface area contributed by atoms with Gasteiger partial charge in [-0.3, -0.25) is 4.79 Å². The number of nitrogens with one attached hydrogen (secondary N) is 1. The molecule has 1 saturated carbocycles. The molecule has 1 atom stereocenters. The summed E-state index contributed by atoms with van der Waals surface area (Å²) in [6, 6.07) is 9.58. The SMILES string of the molecule is CC(CNC(=O)C1(O)CCCC1)c1nc(-c2ccccc2)no1. The van der Waals surface area contributed by atoms with Crippen molar-refractivity contribution in [2.45, 2.75) is 44.1 Å². The first-order valence-corrected chi connectivity index (χ1v) is 7.98. The lowest BCUT2D eigenvalue weighted by Gasteiger charge is -2.21. The lowest BCUT2D eigenvalue weighted by Crippen LogP contribution is -2.45. The van der Waals surface area contributed by atoms with Gasteiger partial charge in [0.1, 0.15) is 5.60 Å². The Morgan fingerprint density at radius 1 is 1.35 bits per heavy atom. The Hall–Kier alpha value is -2.21. The van der Waals surface area contributed by atoms with Crippen LogP contribution in [0, 0.1) is 0 Å². The van der Waals surface area contributed by atoms with Crippen molar-refractivity contribution in [3.63, 3.8) is 0 Å². The average molecular weight is 315 g/mol. The molecule has 2 N–H and O–H groups in total. The van der Waals surface area contributed by atoms with Crippen LogP contribution in [0.2, 0.25) is 0 Å². The molecule has 0 radical (unpaired) electrons.